The molecule has 0 spiro atoms. The number of carbonyl (C=O) groups is 1. The Hall–Kier alpha value is -1.40. The summed E-state index contributed by atoms with van der Waals surface area (Å²) in [7, 11) is -3.26. The summed E-state index contributed by atoms with van der Waals surface area (Å²) in [5, 5.41) is 2.69. The maximum absolute atomic E-state index is 12.2. The minimum Gasteiger partial charge on any atom is -0.325 e. The minimum absolute atomic E-state index is 0.0633. The molecule has 0 aliphatic rings. The number of nitrogens with one attached hydrogen (secondary N) is 1. The van der Waals surface area contributed by atoms with Crippen LogP contribution in [0.3, 0.4) is 0 Å². The van der Waals surface area contributed by atoms with Crippen molar-refractivity contribution < 1.29 is 13.2 Å². The maximum Gasteiger partial charge on any atom is 0.243 e. The first-order valence-corrected chi connectivity index (χ1v) is 8.40. The zero-order valence-electron chi connectivity index (χ0n) is 13.2. The third-order valence-electron chi connectivity index (χ3n) is 3.06. The molecule has 0 atom stereocenters. The second-order valence-electron chi connectivity index (χ2n) is 6.75. The molecule has 0 bridgehead atoms. The average Bonchev–Trinajstić information content (AvgIpc) is 2.25. The smallest absolute Gasteiger partial charge is 0.243 e. The molecule has 1 rings (SSSR count). The highest BCUT2D eigenvalue weighted by Crippen LogP contribution is 2.22. The van der Waals surface area contributed by atoms with Crippen molar-refractivity contribution in [3.8, 4) is 0 Å². The molecular weight excluding hydrogens is 288 g/mol. The second kappa shape index (κ2) is 5.77. The Balaban J connectivity index is 2.95. The molecule has 0 unspecified atom stereocenters. The average molecular weight is 312 g/mol. The molecule has 0 fully saturated rings. The molecule has 6 heteroatoms. The third kappa shape index (κ3) is 4.82. The molecule has 0 aromatic heterocycles. The topological polar surface area (TPSA) is 89.3 Å². The molecule has 0 saturated heterocycles. The summed E-state index contributed by atoms with van der Waals surface area (Å²) in [6, 6.07) is 6.81. The number of rotatable bonds is 4. The molecular formula is C15H24N2O3S. The third-order valence-corrected chi connectivity index (χ3v) is 5.64. The van der Waals surface area contributed by atoms with E-state index in [0.717, 1.165) is 0 Å². The van der Waals surface area contributed by atoms with E-state index in [0.29, 0.717) is 11.3 Å². The van der Waals surface area contributed by atoms with Gasteiger partial charge in [0.1, 0.15) is 0 Å². The van der Waals surface area contributed by atoms with Crippen molar-refractivity contribution in [1.29, 1.82) is 0 Å². The number of nitrogens with two attached hydrogens (primary N) is 1. The Kier molecular flexibility index (Phi) is 4.85. The fourth-order valence-corrected chi connectivity index (χ4v) is 2.52. The van der Waals surface area contributed by atoms with Crippen molar-refractivity contribution >= 4 is 21.4 Å². The lowest BCUT2D eigenvalue weighted by molar-refractivity contribution is -0.120. The quantitative estimate of drug-likeness (QED) is 0.890. The van der Waals surface area contributed by atoms with Gasteiger partial charge in [-0.15, -0.1) is 0 Å². The van der Waals surface area contributed by atoms with Crippen LogP contribution < -0.4 is 11.1 Å². The molecule has 5 nitrogen and oxygen atoms in total. The summed E-state index contributed by atoms with van der Waals surface area (Å²) in [6.45, 7) is 8.23. The van der Waals surface area contributed by atoms with Gasteiger partial charge in [-0.1, -0.05) is 12.1 Å². The van der Waals surface area contributed by atoms with Gasteiger partial charge in [-0.25, -0.2) is 8.42 Å². The van der Waals surface area contributed by atoms with Gasteiger partial charge in [0.15, 0.2) is 9.84 Å². The van der Waals surface area contributed by atoms with Crippen molar-refractivity contribution in [1.82, 2.24) is 0 Å². The Morgan fingerprint density at radius 2 is 1.76 bits per heavy atom. The van der Waals surface area contributed by atoms with Gasteiger partial charge in [0, 0.05) is 5.69 Å². The number of benzene rings is 1. The lowest BCUT2D eigenvalue weighted by atomic mass is 10.1. The van der Waals surface area contributed by atoms with E-state index in [1.165, 1.54) is 0 Å². The van der Waals surface area contributed by atoms with Crippen molar-refractivity contribution in [3.05, 3.63) is 29.8 Å². The van der Waals surface area contributed by atoms with Crippen molar-refractivity contribution in [2.75, 3.05) is 5.32 Å². The Morgan fingerprint density at radius 1 is 1.19 bits per heavy atom. The molecule has 1 amide bonds. The number of sulfone groups is 1. The van der Waals surface area contributed by atoms with Gasteiger partial charge in [0.25, 0.3) is 0 Å². The van der Waals surface area contributed by atoms with Gasteiger partial charge >= 0.3 is 0 Å². The van der Waals surface area contributed by atoms with E-state index in [-0.39, 0.29) is 11.7 Å². The molecule has 0 radical (unpaired) electrons. The van der Waals surface area contributed by atoms with Crippen LogP contribution in [0.1, 0.15) is 40.2 Å². The van der Waals surface area contributed by atoms with E-state index in [1.54, 1.807) is 58.9 Å². The summed E-state index contributed by atoms with van der Waals surface area (Å²) >= 11 is 0. The van der Waals surface area contributed by atoms with Gasteiger partial charge < -0.3 is 11.1 Å². The maximum atomic E-state index is 12.2. The van der Waals surface area contributed by atoms with Gasteiger partial charge in [-0.05, 0) is 52.3 Å². The predicted octanol–water partition coefficient (Wildman–Crippen LogP) is 2.08. The lowest BCUT2D eigenvalue weighted by Crippen LogP contribution is -2.45. The first-order valence-electron chi connectivity index (χ1n) is 6.74. The summed E-state index contributed by atoms with van der Waals surface area (Å²) < 4.78 is 23.6. The van der Waals surface area contributed by atoms with Crippen LogP contribution >= 0.6 is 0 Å². The summed E-state index contributed by atoms with van der Waals surface area (Å²) in [6.07, 6.45) is 0. The molecule has 0 aliphatic carbocycles. The minimum atomic E-state index is -3.26. The highest BCUT2D eigenvalue weighted by Gasteiger charge is 2.29. The van der Waals surface area contributed by atoms with E-state index < -0.39 is 20.1 Å². The van der Waals surface area contributed by atoms with Crippen LogP contribution in [0.2, 0.25) is 0 Å². The van der Waals surface area contributed by atoms with Crippen LogP contribution in [0.15, 0.2) is 24.3 Å². The highest BCUT2D eigenvalue weighted by molar-refractivity contribution is 7.91. The van der Waals surface area contributed by atoms with Gasteiger partial charge in [-0.3, -0.25) is 4.79 Å². The van der Waals surface area contributed by atoms with Crippen molar-refractivity contribution in [2.24, 2.45) is 5.73 Å². The molecule has 1 aromatic carbocycles. The fourth-order valence-electron chi connectivity index (χ4n) is 1.47. The zero-order chi connectivity index (χ0) is 16.5. The van der Waals surface area contributed by atoms with Crippen LogP contribution in [-0.4, -0.2) is 24.6 Å². The Bertz CT molecular complexity index is 623. The van der Waals surface area contributed by atoms with E-state index in [4.69, 9.17) is 5.73 Å². The van der Waals surface area contributed by atoms with Gasteiger partial charge in [0.2, 0.25) is 5.91 Å². The number of hydrogen-bond donors (Lipinski definition) is 2. The molecule has 3 N–H and O–H groups in total. The molecule has 0 saturated carbocycles. The van der Waals surface area contributed by atoms with Crippen LogP contribution in [0.4, 0.5) is 5.69 Å². The number of hydrogen-bond acceptors (Lipinski definition) is 4. The number of anilines is 1. The summed E-state index contributed by atoms with van der Waals surface area (Å²) in [5.74, 6) is -0.384. The predicted molar refractivity (Wildman–Crippen MR) is 85.7 cm³/mol. The highest BCUT2D eigenvalue weighted by atomic mass is 32.2. The van der Waals surface area contributed by atoms with E-state index in [2.05, 4.69) is 5.32 Å². The fraction of sp³-hybridized carbons (Fsp3) is 0.533. The van der Waals surface area contributed by atoms with Crippen LogP contribution in [0.25, 0.3) is 0 Å². The molecule has 0 heterocycles. The van der Waals surface area contributed by atoms with E-state index in [1.807, 2.05) is 0 Å². The zero-order valence-corrected chi connectivity index (χ0v) is 14.0. The van der Waals surface area contributed by atoms with Gasteiger partial charge in [-0.2, -0.15) is 0 Å². The van der Waals surface area contributed by atoms with Crippen molar-refractivity contribution in [3.63, 3.8) is 0 Å². The van der Waals surface area contributed by atoms with Gasteiger partial charge in [0.05, 0.1) is 16.0 Å². The molecule has 1 aromatic rings. The lowest BCUT2D eigenvalue weighted by Gasteiger charge is -2.20. The number of amides is 1. The van der Waals surface area contributed by atoms with E-state index >= 15 is 0 Å². The standard InChI is InChI=1S/C15H24N2O3S/c1-14(2,3)21(19,20)10-11-7-6-8-12(9-11)17-13(18)15(4,5)16/h6-9H,10,16H2,1-5H3,(H,17,18). The Labute approximate surface area is 126 Å². The largest absolute Gasteiger partial charge is 0.325 e. The SMILES string of the molecule is CC(C)(N)C(=O)Nc1cccc(CS(=O)(=O)C(C)(C)C)c1. The first-order chi connectivity index (χ1) is 9.33. The molecule has 118 valence electrons. The summed E-state index contributed by atoms with van der Waals surface area (Å²) in [5.41, 5.74) is 5.90. The monoisotopic (exact) mass is 312 g/mol. The van der Waals surface area contributed by atoms with Crippen LogP contribution in [0.5, 0.6) is 0 Å². The second-order valence-corrected chi connectivity index (χ2v) is 9.49. The van der Waals surface area contributed by atoms with Crippen molar-refractivity contribution in [2.45, 2.75) is 50.7 Å². The molecule has 0 aliphatic heterocycles. The first kappa shape index (κ1) is 17.7. The summed E-state index contributed by atoms with van der Waals surface area (Å²) in [4.78, 5) is 11.8. The van der Waals surface area contributed by atoms with Crippen LogP contribution in [-0.2, 0) is 20.4 Å². The number of carbonyl (C=O) groups excluding carboxylic acids is 1. The van der Waals surface area contributed by atoms with E-state index in [9.17, 15) is 13.2 Å². The Morgan fingerprint density at radius 3 is 2.24 bits per heavy atom. The molecule has 21 heavy (non-hydrogen) atoms. The van der Waals surface area contributed by atoms with Crippen LogP contribution in [0, 0.1) is 0 Å². The normalized spacial score (nSPS) is 13.0.